The Labute approximate surface area is 167 Å². The summed E-state index contributed by atoms with van der Waals surface area (Å²) in [5.74, 6) is 0.770. The van der Waals surface area contributed by atoms with Gasteiger partial charge in [0.05, 0.1) is 18.8 Å². The van der Waals surface area contributed by atoms with Crippen molar-refractivity contribution in [1.82, 2.24) is 15.6 Å². The molecule has 28 heavy (non-hydrogen) atoms. The Morgan fingerprint density at radius 2 is 1.82 bits per heavy atom. The number of hydrogen-bond acceptors (Lipinski definition) is 5. The molecule has 2 heterocycles. The molecule has 1 atom stereocenters. The second-order valence-electron chi connectivity index (χ2n) is 6.50. The average molecular weight is 392 g/mol. The summed E-state index contributed by atoms with van der Waals surface area (Å²) in [6.45, 7) is 1.90. The van der Waals surface area contributed by atoms with Crippen molar-refractivity contribution >= 4 is 28.6 Å². The van der Waals surface area contributed by atoms with Gasteiger partial charge < -0.3 is 21.1 Å². The summed E-state index contributed by atoms with van der Waals surface area (Å²) in [4.78, 5) is 16.9. The fourth-order valence-corrected chi connectivity index (χ4v) is 4.17. The first-order chi connectivity index (χ1) is 13.5. The molecule has 6 nitrogen and oxygen atoms in total. The van der Waals surface area contributed by atoms with E-state index < -0.39 is 0 Å². The van der Waals surface area contributed by atoms with Crippen LogP contribution in [0, 0.1) is 0 Å². The Bertz CT molecular complexity index is 1040. The number of urea groups is 1. The number of nitrogen functional groups attached to an aromatic ring is 1. The summed E-state index contributed by atoms with van der Waals surface area (Å²) in [5.41, 5.74) is 11.1. The van der Waals surface area contributed by atoms with E-state index >= 15 is 0 Å². The van der Waals surface area contributed by atoms with Crippen molar-refractivity contribution in [2.75, 3.05) is 12.8 Å². The number of anilines is 1. The molecule has 2 aromatic carbocycles. The van der Waals surface area contributed by atoms with Crippen molar-refractivity contribution in [2.45, 2.75) is 13.0 Å². The largest absolute Gasteiger partial charge is 0.497 e. The van der Waals surface area contributed by atoms with Crippen LogP contribution in [0.5, 0.6) is 5.75 Å². The standard InChI is InChI=1S/C21H20N4O2S/c1-12-18(20-24-17(11-28-20)13-3-7-15(22)8-4-13)19(25-21(26)23-12)14-5-9-16(27-2)10-6-14/h3-11,19H,22H2,1-2H3,(H2,23,25,26). The van der Waals surface area contributed by atoms with Crippen LogP contribution in [0.2, 0.25) is 0 Å². The van der Waals surface area contributed by atoms with E-state index in [0.29, 0.717) is 0 Å². The van der Waals surface area contributed by atoms with Crippen LogP contribution in [0.1, 0.15) is 23.5 Å². The zero-order chi connectivity index (χ0) is 19.7. The Morgan fingerprint density at radius 1 is 1.11 bits per heavy atom. The van der Waals surface area contributed by atoms with Gasteiger partial charge in [-0.3, -0.25) is 0 Å². The van der Waals surface area contributed by atoms with E-state index in [1.165, 1.54) is 0 Å². The number of aromatic nitrogens is 1. The van der Waals surface area contributed by atoms with Gasteiger partial charge in [-0.1, -0.05) is 24.3 Å². The molecule has 142 valence electrons. The van der Waals surface area contributed by atoms with Gasteiger partial charge in [0.25, 0.3) is 0 Å². The maximum Gasteiger partial charge on any atom is 0.319 e. The summed E-state index contributed by atoms with van der Waals surface area (Å²) in [7, 11) is 1.63. The molecule has 1 aliphatic rings. The van der Waals surface area contributed by atoms with E-state index in [2.05, 4.69) is 10.6 Å². The van der Waals surface area contributed by atoms with Gasteiger partial charge in [-0.2, -0.15) is 0 Å². The highest BCUT2D eigenvalue weighted by Crippen LogP contribution is 2.37. The molecule has 0 radical (unpaired) electrons. The number of hydrogen-bond donors (Lipinski definition) is 3. The number of nitrogens with one attached hydrogen (secondary N) is 2. The van der Waals surface area contributed by atoms with E-state index in [0.717, 1.165) is 44.5 Å². The van der Waals surface area contributed by atoms with E-state index in [-0.39, 0.29) is 12.1 Å². The van der Waals surface area contributed by atoms with Crippen molar-refractivity contribution < 1.29 is 9.53 Å². The second kappa shape index (κ2) is 7.36. The lowest BCUT2D eigenvalue weighted by molar-refractivity contribution is 0.240. The summed E-state index contributed by atoms with van der Waals surface area (Å²) < 4.78 is 5.24. The molecule has 1 aliphatic heterocycles. The molecule has 7 heteroatoms. The molecule has 4 N–H and O–H groups in total. The molecule has 0 saturated heterocycles. The number of ether oxygens (including phenoxy) is 1. The predicted octanol–water partition coefficient (Wildman–Crippen LogP) is 4.19. The van der Waals surface area contributed by atoms with Gasteiger partial charge in [0.2, 0.25) is 0 Å². The Hall–Kier alpha value is -3.32. The van der Waals surface area contributed by atoms with Gasteiger partial charge in [-0.25, -0.2) is 9.78 Å². The van der Waals surface area contributed by atoms with Gasteiger partial charge in [-0.15, -0.1) is 11.3 Å². The lowest BCUT2D eigenvalue weighted by Gasteiger charge is -2.28. The molecular weight excluding hydrogens is 372 g/mol. The number of amides is 2. The zero-order valence-electron chi connectivity index (χ0n) is 15.5. The highest BCUT2D eigenvalue weighted by atomic mass is 32.1. The van der Waals surface area contributed by atoms with Crippen LogP contribution in [-0.2, 0) is 0 Å². The molecular formula is C21H20N4O2S. The Morgan fingerprint density at radius 3 is 2.50 bits per heavy atom. The van der Waals surface area contributed by atoms with E-state index in [1.807, 2.05) is 60.8 Å². The first-order valence-corrected chi connectivity index (χ1v) is 9.67. The molecule has 0 saturated carbocycles. The number of allylic oxidation sites excluding steroid dienone is 1. The molecule has 3 aromatic rings. The van der Waals surface area contributed by atoms with E-state index in [9.17, 15) is 4.79 Å². The lowest BCUT2D eigenvalue weighted by Crippen LogP contribution is -2.42. The van der Waals surface area contributed by atoms with Gasteiger partial charge in [0, 0.05) is 27.9 Å². The van der Waals surface area contributed by atoms with E-state index in [4.69, 9.17) is 15.5 Å². The molecule has 1 unspecified atom stereocenters. The van der Waals surface area contributed by atoms with Crippen LogP contribution < -0.4 is 21.1 Å². The van der Waals surface area contributed by atoms with Gasteiger partial charge in [-0.05, 0) is 36.8 Å². The van der Waals surface area contributed by atoms with Crippen molar-refractivity contribution in [3.8, 4) is 17.0 Å². The topological polar surface area (TPSA) is 89.3 Å². The molecule has 1 aromatic heterocycles. The normalized spacial score (nSPS) is 16.5. The zero-order valence-corrected chi connectivity index (χ0v) is 16.3. The summed E-state index contributed by atoms with van der Waals surface area (Å²) in [5, 5.41) is 8.74. The predicted molar refractivity (Wildman–Crippen MR) is 112 cm³/mol. The first kappa shape index (κ1) is 18.1. The van der Waals surface area contributed by atoms with Crippen LogP contribution in [0.25, 0.3) is 16.8 Å². The van der Waals surface area contributed by atoms with Crippen LogP contribution in [0.4, 0.5) is 10.5 Å². The van der Waals surface area contributed by atoms with Gasteiger partial charge in [0.15, 0.2) is 0 Å². The number of carbonyl (C=O) groups excluding carboxylic acids is 1. The number of rotatable bonds is 4. The molecule has 2 amide bonds. The number of methoxy groups -OCH3 is 1. The summed E-state index contributed by atoms with van der Waals surface area (Å²) in [6.07, 6.45) is 0. The van der Waals surface area contributed by atoms with Crippen molar-refractivity contribution in [3.63, 3.8) is 0 Å². The third-order valence-electron chi connectivity index (χ3n) is 4.66. The number of carbonyl (C=O) groups is 1. The molecule has 0 spiro atoms. The summed E-state index contributed by atoms with van der Waals surface area (Å²) in [6, 6.07) is 14.8. The molecule has 0 aliphatic carbocycles. The second-order valence-corrected chi connectivity index (χ2v) is 7.36. The molecule has 0 fully saturated rings. The SMILES string of the molecule is COc1ccc(C2NC(=O)NC(C)=C2c2nc(-c3ccc(N)cc3)cs2)cc1. The minimum absolute atomic E-state index is 0.225. The van der Waals surface area contributed by atoms with Crippen molar-refractivity contribution in [1.29, 1.82) is 0 Å². The van der Waals surface area contributed by atoms with Crippen LogP contribution in [0.3, 0.4) is 0 Å². The maximum absolute atomic E-state index is 12.1. The fourth-order valence-electron chi connectivity index (χ4n) is 3.21. The third kappa shape index (κ3) is 3.44. The van der Waals surface area contributed by atoms with Crippen LogP contribution in [0.15, 0.2) is 59.6 Å². The van der Waals surface area contributed by atoms with Crippen molar-refractivity contribution in [3.05, 3.63) is 70.2 Å². The number of thiazole rings is 1. The number of benzene rings is 2. The number of nitrogens with zero attached hydrogens (tertiary/aromatic N) is 1. The molecule has 0 bridgehead atoms. The quantitative estimate of drug-likeness (QED) is 0.581. The highest BCUT2D eigenvalue weighted by molar-refractivity contribution is 7.11. The summed E-state index contributed by atoms with van der Waals surface area (Å²) >= 11 is 1.55. The molecule has 4 rings (SSSR count). The van der Waals surface area contributed by atoms with Gasteiger partial charge >= 0.3 is 6.03 Å². The average Bonchev–Trinajstić information content (AvgIpc) is 3.17. The lowest BCUT2D eigenvalue weighted by atomic mass is 9.96. The Balaban J connectivity index is 1.73. The third-order valence-corrected chi connectivity index (χ3v) is 5.53. The van der Waals surface area contributed by atoms with E-state index in [1.54, 1.807) is 18.4 Å². The first-order valence-electron chi connectivity index (χ1n) is 8.79. The minimum atomic E-state index is -0.287. The van der Waals surface area contributed by atoms with Gasteiger partial charge in [0.1, 0.15) is 10.8 Å². The minimum Gasteiger partial charge on any atom is -0.497 e. The maximum atomic E-state index is 12.1. The van der Waals surface area contributed by atoms with Crippen LogP contribution >= 0.6 is 11.3 Å². The monoisotopic (exact) mass is 392 g/mol. The number of nitrogens with two attached hydrogens (primary N) is 1. The van der Waals surface area contributed by atoms with Crippen molar-refractivity contribution in [2.24, 2.45) is 0 Å². The Kier molecular flexibility index (Phi) is 4.75. The smallest absolute Gasteiger partial charge is 0.319 e. The fraction of sp³-hybridized carbons (Fsp3) is 0.143. The van der Waals surface area contributed by atoms with Crippen LogP contribution in [-0.4, -0.2) is 18.1 Å². The highest BCUT2D eigenvalue weighted by Gasteiger charge is 2.29.